The number of hydrogen-bond acceptors (Lipinski definition) is 5. The zero-order chi connectivity index (χ0) is 13.5. The molecular formula is C11H20N2O5. The van der Waals surface area contributed by atoms with Crippen LogP contribution in [-0.2, 0) is 19.1 Å². The highest BCUT2D eigenvalue weighted by atomic mass is 16.5. The predicted octanol–water partition coefficient (Wildman–Crippen LogP) is -0.901. The number of ether oxygens (including phenoxy) is 2. The van der Waals surface area contributed by atoms with E-state index in [2.05, 4.69) is 5.32 Å². The first-order valence-electron chi connectivity index (χ1n) is 5.94. The van der Waals surface area contributed by atoms with Crippen LogP contribution in [0, 0.1) is 0 Å². The van der Waals surface area contributed by atoms with Gasteiger partial charge < -0.3 is 25.6 Å². The summed E-state index contributed by atoms with van der Waals surface area (Å²) in [5.41, 5.74) is 5.41. The number of carboxylic acids is 1. The fourth-order valence-electron chi connectivity index (χ4n) is 1.81. The Hall–Kier alpha value is -1.18. The van der Waals surface area contributed by atoms with E-state index in [1.54, 1.807) is 0 Å². The van der Waals surface area contributed by atoms with Gasteiger partial charge in [0.15, 0.2) is 6.10 Å². The summed E-state index contributed by atoms with van der Waals surface area (Å²) in [6.07, 6.45) is 0.0568. The van der Waals surface area contributed by atoms with Gasteiger partial charge in [0.25, 0.3) is 0 Å². The van der Waals surface area contributed by atoms with E-state index in [0.717, 1.165) is 0 Å². The second kappa shape index (κ2) is 7.30. The molecule has 0 saturated carbocycles. The molecule has 1 aliphatic rings. The summed E-state index contributed by atoms with van der Waals surface area (Å²) < 4.78 is 10.3. The smallest absolute Gasteiger partial charge is 0.332 e. The Morgan fingerprint density at radius 1 is 1.56 bits per heavy atom. The lowest BCUT2D eigenvalue weighted by atomic mass is 10.2. The summed E-state index contributed by atoms with van der Waals surface area (Å²) in [6, 6.07) is 0. The maximum absolute atomic E-state index is 11.5. The Morgan fingerprint density at radius 3 is 2.78 bits per heavy atom. The van der Waals surface area contributed by atoms with Crippen LogP contribution in [0.4, 0.5) is 0 Å². The van der Waals surface area contributed by atoms with Gasteiger partial charge in [-0.3, -0.25) is 4.79 Å². The van der Waals surface area contributed by atoms with Gasteiger partial charge in [-0.25, -0.2) is 4.79 Å². The molecule has 0 spiro atoms. The molecule has 1 rings (SSSR count). The van der Waals surface area contributed by atoms with Crippen molar-refractivity contribution in [3.05, 3.63) is 0 Å². The highest BCUT2D eigenvalue weighted by Gasteiger charge is 2.30. The number of carboxylic acid groups (broad SMARTS) is 1. The maximum Gasteiger partial charge on any atom is 0.332 e. The summed E-state index contributed by atoms with van der Waals surface area (Å²) in [7, 11) is 1.50. The van der Waals surface area contributed by atoms with Gasteiger partial charge in [-0.05, 0) is 12.8 Å². The lowest BCUT2D eigenvalue weighted by Gasteiger charge is -2.15. The van der Waals surface area contributed by atoms with Crippen LogP contribution in [0.15, 0.2) is 0 Å². The van der Waals surface area contributed by atoms with Crippen molar-refractivity contribution in [3.63, 3.8) is 0 Å². The van der Waals surface area contributed by atoms with Crippen LogP contribution in [0.2, 0.25) is 0 Å². The third-order valence-corrected chi connectivity index (χ3v) is 2.92. The first-order valence-corrected chi connectivity index (χ1v) is 5.94. The Kier molecular flexibility index (Phi) is 6.03. The van der Waals surface area contributed by atoms with Crippen molar-refractivity contribution in [3.8, 4) is 0 Å². The maximum atomic E-state index is 11.5. The predicted molar refractivity (Wildman–Crippen MR) is 63.0 cm³/mol. The van der Waals surface area contributed by atoms with Crippen molar-refractivity contribution in [2.45, 2.75) is 37.6 Å². The van der Waals surface area contributed by atoms with E-state index in [1.807, 2.05) is 0 Å². The minimum atomic E-state index is -0.952. The number of rotatable bonds is 7. The van der Waals surface area contributed by atoms with Gasteiger partial charge in [0.1, 0.15) is 0 Å². The number of nitrogens with one attached hydrogen (secondary N) is 1. The van der Waals surface area contributed by atoms with E-state index in [0.29, 0.717) is 19.4 Å². The molecule has 0 aromatic heterocycles. The molecule has 0 radical (unpaired) electrons. The van der Waals surface area contributed by atoms with Crippen molar-refractivity contribution in [2.75, 3.05) is 20.2 Å². The van der Waals surface area contributed by atoms with Gasteiger partial charge in [-0.15, -0.1) is 0 Å². The molecule has 7 nitrogen and oxygen atoms in total. The average Bonchev–Trinajstić information content (AvgIpc) is 2.82. The number of amides is 1. The van der Waals surface area contributed by atoms with Crippen LogP contribution < -0.4 is 11.1 Å². The quantitative estimate of drug-likeness (QED) is 0.547. The first kappa shape index (κ1) is 14.9. The summed E-state index contributed by atoms with van der Waals surface area (Å²) in [6.45, 7) is 0.606. The zero-order valence-electron chi connectivity index (χ0n) is 10.4. The third kappa shape index (κ3) is 4.59. The van der Waals surface area contributed by atoms with Gasteiger partial charge in [-0.1, -0.05) is 0 Å². The molecule has 3 atom stereocenters. The summed E-state index contributed by atoms with van der Waals surface area (Å²) >= 11 is 0. The number of aliphatic carboxylic acids is 1. The Bertz CT molecular complexity index is 293. The molecule has 0 aliphatic carbocycles. The molecule has 0 aromatic carbocycles. The van der Waals surface area contributed by atoms with Crippen molar-refractivity contribution < 1.29 is 24.2 Å². The Balaban J connectivity index is 2.21. The minimum Gasteiger partial charge on any atom is -0.479 e. The van der Waals surface area contributed by atoms with Crippen LogP contribution in [0.3, 0.4) is 0 Å². The molecule has 1 fully saturated rings. The highest BCUT2D eigenvalue weighted by molar-refractivity contribution is 5.76. The Labute approximate surface area is 106 Å². The molecular weight excluding hydrogens is 240 g/mol. The molecule has 1 amide bonds. The minimum absolute atomic E-state index is 0.172. The summed E-state index contributed by atoms with van der Waals surface area (Å²) in [5, 5.41) is 11.4. The largest absolute Gasteiger partial charge is 0.479 e. The summed E-state index contributed by atoms with van der Waals surface area (Å²) in [5.74, 6) is -1.12. The van der Waals surface area contributed by atoms with Crippen molar-refractivity contribution >= 4 is 11.9 Å². The molecule has 104 valence electrons. The summed E-state index contributed by atoms with van der Waals surface area (Å²) in [4.78, 5) is 22.2. The van der Waals surface area contributed by atoms with E-state index in [-0.39, 0.29) is 31.1 Å². The number of hydrogen-bond donors (Lipinski definition) is 3. The standard InChI is InChI=1S/C11H20N2O5/c1-17-8(5-12)4-10(14)13-6-7-2-3-9(18-7)11(15)16/h7-9H,2-6,12H2,1H3,(H,13,14)(H,15,16). The fraction of sp³-hybridized carbons (Fsp3) is 0.818. The van der Waals surface area contributed by atoms with Gasteiger partial charge in [0, 0.05) is 20.2 Å². The molecule has 3 unspecified atom stereocenters. The normalized spacial score (nSPS) is 24.8. The lowest BCUT2D eigenvalue weighted by molar-refractivity contribution is -0.149. The SMILES string of the molecule is COC(CN)CC(=O)NCC1CCC(C(=O)O)O1. The van der Waals surface area contributed by atoms with E-state index in [9.17, 15) is 9.59 Å². The third-order valence-electron chi connectivity index (χ3n) is 2.92. The van der Waals surface area contributed by atoms with Gasteiger partial charge in [0.2, 0.25) is 5.91 Å². The van der Waals surface area contributed by atoms with Crippen molar-refractivity contribution in [1.29, 1.82) is 0 Å². The molecule has 0 aromatic rings. The Morgan fingerprint density at radius 2 is 2.28 bits per heavy atom. The van der Waals surface area contributed by atoms with Crippen molar-refractivity contribution in [1.82, 2.24) is 5.32 Å². The molecule has 1 aliphatic heterocycles. The second-order valence-corrected chi connectivity index (χ2v) is 4.26. The fourth-order valence-corrected chi connectivity index (χ4v) is 1.81. The van der Waals surface area contributed by atoms with Crippen molar-refractivity contribution in [2.24, 2.45) is 5.73 Å². The van der Waals surface area contributed by atoms with E-state index < -0.39 is 12.1 Å². The molecule has 18 heavy (non-hydrogen) atoms. The van der Waals surface area contributed by atoms with Crippen LogP contribution >= 0.6 is 0 Å². The first-order chi connectivity index (χ1) is 8.56. The van der Waals surface area contributed by atoms with Gasteiger partial charge in [0.05, 0.1) is 18.6 Å². The van der Waals surface area contributed by atoms with Crippen LogP contribution in [-0.4, -0.2) is 55.5 Å². The van der Waals surface area contributed by atoms with E-state index >= 15 is 0 Å². The number of methoxy groups -OCH3 is 1. The van der Waals surface area contributed by atoms with Crippen LogP contribution in [0.25, 0.3) is 0 Å². The lowest BCUT2D eigenvalue weighted by Crippen LogP contribution is -2.36. The second-order valence-electron chi connectivity index (χ2n) is 4.26. The van der Waals surface area contributed by atoms with Crippen LogP contribution in [0.5, 0.6) is 0 Å². The highest BCUT2D eigenvalue weighted by Crippen LogP contribution is 2.19. The number of nitrogens with two attached hydrogens (primary N) is 1. The molecule has 1 heterocycles. The molecule has 0 bridgehead atoms. The molecule has 4 N–H and O–H groups in total. The number of carbonyl (C=O) groups is 2. The van der Waals surface area contributed by atoms with Crippen LogP contribution in [0.1, 0.15) is 19.3 Å². The molecule has 7 heteroatoms. The number of carbonyl (C=O) groups excluding carboxylic acids is 1. The molecule has 1 saturated heterocycles. The van der Waals surface area contributed by atoms with Gasteiger partial charge in [-0.2, -0.15) is 0 Å². The zero-order valence-corrected chi connectivity index (χ0v) is 10.4. The average molecular weight is 260 g/mol. The van der Waals surface area contributed by atoms with E-state index in [4.69, 9.17) is 20.3 Å². The topological polar surface area (TPSA) is 111 Å². The van der Waals surface area contributed by atoms with E-state index in [1.165, 1.54) is 7.11 Å². The monoisotopic (exact) mass is 260 g/mol. The van der Waals surface area contributed by atoms with Gasteiger partial charge >= 0.3 is 5.97 Å².